The van der Waals surface area contributed by atoms with E-state index in [2.05, 4.69) is 21.3 Å². The van der Waals surface area contributed by atoms with Gasteiger partial charge in [0, 0.05) is 35.6 Å². The molecule has 3 heterocycles. The summed E-state index contributed by atoms with van der Waals surface area (Å²) in [5.41, 5.74) is 7.17. The molecule has 0 saturated carbocycles. The Morgan fingerprint density at radius 3 is 3.25 bits per heavy atom. The van der Waals surface area contributed by atoms with Crippen LogP contribution in [0.15, 0.2) is 17.6 Å². The Morgan fingerprint density at radius 2 is 2.44 bits per heavy atom. The first-order chi connectivity index (χ1) is 7.81. The Bertz CT molecular complexity index is 489. The van der Waals surface area contributed by atoms with E-state index in [0.717, 1.165) is 19.6 Å². The van der Waals surface area contributed by atoms with Crippen molar-refractivity contribution in [1.29, 1.82) is 0 Å². The van der Waals surface area contributed by atoms with Crippen molar-refractivity contribution in [3.8, 4) is 0 Å². The van der Waals surface area contributed by atoms with Crippen LogP contribution in [0.5, 0.6) is 0 Å². The minimum absolute atomic E-state index is 0.670. The molecule has 0 fully saturated rings. The molecule has 1 aliphatic heterocycles. The van der Waals surface area contributed by atoms with Gasteiger partial charge in [0.2, 0.25) is 0 Å². The van der Waals surface area contributed by atoms with Gasteiger partial charge in [-0.05, 0) is 23.4 Å². The molecule has 0 aromatic carbocycles. The van der Waals surface area contributed by atoms with Crippen LogP contribution in [0.3, 0.4) is 0 Å². The third-order valence-electron chi connectivity index (χ3n) is 2.85. The molecule has 0 aliphatic carbocycles. The Kier molecular flexibility index (Phi) is 2.67. The van der Waals surface area contributed by atoms with Crippen LogP contribution in [-0.4, -0.2) is 16.4 Å². The predicted octanol–water partition coefficient (Wildman–Crippen LogP) is 2.35. The van der Waals surface area contributed by atoms with Gasteiger partial charge in [-0.15, -0.1) is 22.7 Å². The number of hydrogen-bond donors (Lipinski definition) is 1. The summed E-state index contributed by atoms with van der Waals surface area (Å²) < 4.78 is 0. The van der Waals surface area contributed by atoms with Crippen LogP contribution in [0.2, 0.25) is 0 Å². The van der Waals surface area contributed by atoms with Gasteiger partial charge in [0.25, 0.3) is 0 Å². The molecule has 5 heteroatoms. The van der Waals surface area contributed by atoms with Gasteiger partial charge >= 0.3 is 0 Å². The molecule has 0 amide bonds. The predicted molar refractivity (Wildman–Crippen MR) is 68.7 cm³/mol. The van der Waals surface area contributed by atoms with Gasteiger partial charge in [0.1, 0.15) is 0 Å². The first-order valence-electron chi connectivity index (χ1n) is 5.29. The molecule has 0 spiro atoms. The number of nitrogens with zero attached hydrogens (tertiary/aromatic N) is 2. The van der Waals surface area contributed by atoms with Gasteiger partial charge in [-0.2, -0.15) is 0 Å². The van der Waals surface area contributed by atoms with Crippen LogP contribution in [0, 0.1) is 0 Å². The summed E-state index contributed by atoms with van der Waals surface area (Å²) in [5, 5.41) is 2.86. The van der Waals surface area contributed by atoms with E-state index in [1.165, 1.54) is 21.7 Å². The Hall–Kier alpha value is -0.910. The Balaban J connectivity index is 1.70. The summed E-state index contributed by atoms with van der Waals surface area (Å²) in [6.45, 7) is 3.19. The van der Waals surface area contributed by atoms with Gasteiger partial charge < -0.3 is 5.73 Å². The third-order valence-corrected chi connectivity index (χ3v) is 4.61. The van der Waals surface area contributed by atoms with Crippen molar-refractivity contribution < 1.29 is 0 Å². The number of nitrogen functional groups attached to an aromatic ring is 1. The van der Waals surface area contributed by atoms with Crippen molar-refractivity contribution in [2.75, 3.05) is 12.3 Å². The van der Waals surface area contributed by atoms with Gasteiger partial charge in [0.05, 0.1) is 0 Å². The monoisotopic (exact) mass is 251 g/mol. The second-order valence-corrected chi connectivity index (χ2v) is 6.14. The molecule has 0 atom stereocenters. The quantitative estimate of drug-likeness (QED) is 0.891. The minimum atomic E-state index is 0.670. The maximum absolute atomic E-state index is 5.63. The Morgan fingerprint density at radius 1 is 1.50 bits per heavy atom. The van der Waals surface area contributed by atoms with Crippen LogP contribution in [0.4, 0.5) is 5.13 Å². The lowest BCUT2D eigenvalue weighted by molar-refractivity contribution is 0.251. The molecule has 84 valence electrons. The molecule has 0 saturated heterocycles. The van der Waals surface area contributed by atoms with E-state index < -0.39 is 0 Å². The Labute approximate surface area is 103 Å². The van der Waals surface area contributed by atoms with Crippen LogP contribution in [0.1, 0.15) is 15.3 Å². The molecule has 2 aromatic rings. The largest absolute Gasteiger partial charge is 0.375 e. The molecular weight excluding hydrogens is 238 g/mol. The van der Waals surface area contributed by atoms with Crippen molar-refractivity contribution in [3.05, 3.63) is 33.0 Å². The summed E-state index contributed by atoms with van der Waals surface area (Å²) in [7, 11) is 0. The maximum Gasteiger partial charge on any atom is 0.180 e. The summed E-state index contributed by atoms with van der Waals surface area (Å²) in [6.07, 6.45) is 3.07. The van der Waals surface area contributed by atoms with Crippen molar-refractivity contribution in [2.45, 2.75) is 19.5 Å². The highest BCUT2D eigenvalue weighted by Crippen LogP contribution is 2.26. The third kappa shape index (κ3) is 1.98. The zero-order valence-electron chi connectivity index (χ0n) is 8.85. The zero-order valence-corrected chi connectivity index (χ0v) is 10.5. The lowest BCUT2D eigenvalue weighted by Gasteiger charge is -2.25. The van der Waals surface area contributed by atoms with E-state index in [4.69, 9.17) is 5.73 Å². The molecule has 2 aromatic heterocycles. The lowest BCUT2D eigenvalue weighted by atomic mass is 10.1. The number of thiophene rings is 1. The zero-order chi connectivity index (χ0) is 11.0. The number of thiazole rings is 1. The molecule has 0 bridgehead atoms. The number of hydrogen-bond acceptors (Lipinski definition) is 5. The topological polar surface area (TPSA) is 42.1 Å². The molecule has 0 radical (unpaired) electrons. The number of rotatable bonds is 2. The highest BCUT2D eigenvalue weighted by Gasteiger charge is 2.17. The molecule has 3 nitrogen and oxygen atoms in total. The van der Waals surface area contributed by atoms with Crippen LogP contribution < -0.4 is 5.73 Å². The first kappa shape index (κ1) is 10.3. The van der Waals surface area contributed by atoms with Gasteiger partial charge in [-0.3, -0.25) is 4.90 Å². The van der Waals surface area contributed by atoms with Crippen LogP contribution in [-0.2, 0) is 19.5 Å². The molecule has 0 unspecified atom stereocenters. The average molecular weight is 251 g/mol. The highest BCUT2D eigenvalue weighted by atomic mass is 32.1. The average Bonchev–Trinajstić information content (AvgIpc) is 2.87. The lowest BCUT2D eigenvalue weighted by Crippen LogP contribution is -2.28. The van der Waals surface area contributed by atoms with E-state index in [0.29, 0.717) is 5.13 Å². The SMILES string of the molecule is Nc1ncc(CN2CCc3ccsc3C2)s1. The molecule has 2 N–H and O–H groups in total. The second kappa shape index (κ2) is 4.16. The van der Waals surface area contributed by atoms with Crippen molar-refractivity contribution >= 4 is 27.8 Å². The molecule has 3 rings (SSSR count). The fourth-order valence-electron chi connectivity index (χ4n) is 2.04. The number of nitrogens with two attached hydrogens (primary N) is 1. The molecule has 1 aliphatic rings. The van der Waals surface area contributed by atoms with Crippen molar-refractivity contribution in [2.24, 2.45) is 0 Å². The van der Waals surface area contributed by atoms with Gasteiger partial charge in [-0.25, -0.2) is 4.98 Å². The summed E-state index contributed by atoms with van der Waals surface area (Å²) in [6, 6.07) is 2.25. The van der Waals surface area contributed by atoms with E-state index >= 15 is 0 Å². The van der Waals surface area contributed by atoms with Crippen LogP contribution in [0.25, 0.3) is 0 Å². The van der Waals surface area contributed by atoms with Gasteiger partial charge in [0.15, 0.2) is 5.13 Å². The summed E-state index contributed by atoms with van der Waals surface area (Å²) >= 11 is 3.46. The standard InChI is InChI=1S/C11H13N3S2/c12-11-13-5-9(16-11)6-14-3-1-8-2-4-15-10(8)7-14/h2,4-5H,1,3,6-7H2,(H2,12,13). The van der Waals surface area contributed by atoms with Crippen LogP contribution >= 0.6 is 22.7 Å². The van der Waals surface area contributed by atoms with E-state index in [1.54, 1.807) is 11.3 Å². The minimum Gasteiger partial charge on any atom is -0.375 e. The number of aromatic nitrogens is 1. The molecular formula is C11H13N3S2. The fourth-order valence-corrected chi connectivity index (χ4v) is 3.74. The second-order valence-electron chi connectivity index (χ2n) is 3.99. The fraction of sp³-hybridized carbons (Fsp3) is 0.364. The smallest absolute Gasteiger partial charge is 0.180 e. The van der Waals surface area contributed by atoms with E-state index in [1.807, 2.05) is 17.5 Å². The summed E-state index contributed by atoms with van der Waals surface area (Å²) in [5.74, 6) is 0. The van der Waals surface area contributed by atoms with Gasteiger partial charge in [-0.1, -0.05) is 0 Å². The highest BCUT2D eigenvalue weighted by molar-refractivity contribution is 7.15. The number of anilines is 1. The van der Waals surface area contributed by atoms with Crippen molar-refractivity contribution in [1.82, 2.24) is 9.88 Å². The first-order valence-corrected chi connectivity index (χ1v) is 6.98. The normalized spacial score (nSPS) is 16.2. The van der Waals surface area contributed by atoms with Crippen molar-refractivity contribution in [3.63, 3.8) is 0 Å². The number of fused-ring (bicyclic) bond motifs is 1. The summed E-state index contributed by atoms with van der Waals surface area (Å²) in [4.78, 5) is 9.33. The maximum atomic E-state index is 5.63. The van der Waals surface area contributed by atoms with E-state index in [9.17, 15) is 0 Å². The van der Waals surface area contributed by atoms with E-state index in [-0.39, 0.29) is 0 Å². The molecule has 16 heavy (non-hydrogen) atoms.